The maximum atomic E-state index is 8.32. The summed E-state index contributed by atoms with van der Waals surface area (Å²) < 4.78 is 0. The van der Waals surface area contributed by atoms with Crippen LogP contribution in [0.3, 0.4) is 0 Å². The van der Waals surface area contributed by atoms with Gasteiger partial charge in [0.15, 0.2) is 0 Å². The Bertz CT molecular complexity index is 169. The van der Waals surface area contributed by atoms with Crippen molar-refractivity contribution in [1.29, 1.82) is 5.26 Å². The normalized spacial score (nSPS) is 16.1. The second-order valence-corrected chi connectivity index (χ2v) is 3.52. The lowest BCUT2D eigenvalue weighted by Crippen LogP contribution is -2.33. The van der Waals surface area contributed by atoms with E-state index in [0.717, 1.165) is 32.2 Å². The van der Waals surface area contributed by atoms with Gasteiger partial charge in [-0.05, 0) is 19.4 Å². The molecule has 0 unspecified atom stereocenters. The molecule has 1 N–H and O–H groups in total. The van der Waals surface area contributed by atoms with Crippen LogP contribution in [0.1, 0.15) is 26.2 Å². The largest absolute Gasteiger partial charge is 0.314 e. The summed E-state index contributed by atoms with van der Waals surface area (Å²) in [4.78, 5) is 2.51. The van der Waals surface area contributed by atoms with Crippen LogP contribution in [0.15, 0.2) is 0 Å². The highest BCUT2D eigenvalue weighted by atomic mass is 15.2. The van der Waals surface area contributed by atoms with Crippen LogP contribution in [-0.2, 0) is 0 Å². The highest BCUT2D eigenvalue weighted by Crippen LogP contribution is 2.25. The van der Waals surface area contributed by atoms with Crippen molar-refractivity contribution in [2.45, 2.75) is 32.2 Å². The summed E-state index contributed by atoms with van der Waals surface area (Å²) in [6, 6.07) is 2.99. The highest BCUT2D eigenvalue weighted by molar-refractivity contribution is 4.84. The van der Waals surface area contributed by atoms with E-state index in [9.17, 15) is 0 Å². The smallest absolute Gasteiger partial charge is 0.0635 e. The molecule has 1 fully saturated rings. The Morgan fingerprint density at radius 3 is 2.77 bits per heavy atom. The summed E-state index contributed by atoms with van der Waals surface area (Å²) in [5.41, 5.74) is 0. The fourth-order valence-corrected chi connectivity index (χ4v) is 1.53. The molecule has 74 valence electrons. The topological polar surface area (TPSA) is 39.1 Å². The fourth-order valence-electron chi connectivity index (χ4n) is 1.53. The quantitative estimate of drug-likeness (QED) is 0.595. The molecule has 0 amide bonds. The van der Waals surface area contributed by atoms with Crippen molar-refractivity contribution >= 4 is 0 Å². The van der Waals surface area contributed by atoms with Gasteiger partial charge in [0, 0.05) is 32.1 Å². The minimum absolute atomic E-state index is 0.621. The number of rotatable bonds is 7. The maximum Gasteiger partial charge on any atom is 0.0635 e. The van der Waals surface area contributed by atoms with E-state index in [4.69, 9.17) is 5.26 Å². The van der Waals surface area contributed by atoms with Crippen LogP contribution in [0.2, 0.25) is 0 Å². The van der Waals surface area contributed by atoms with Crippen LogP contribution >= 0.6 is 0 Å². The first-order chi connectivity index (χ1) is 6.38. The molecule has 13 heavy (non-hydrogen) atoms. The van der Waals surface area contributed by atoms with Gasteiger partial charge in [-0.2, -0.15) is 5.26 Å². The van der Waals surface area contributed by atoms with E-state index >= 15 is 0 Å². The Morgan fingerprint density at radius 1 is 1.46 bits per heavy atom. The summed E-state index contributed by atoms with van der Waals surface area (Å²) in [5.74, 6) is 0. The van der Waals surface area contributed by atoms with Gasteiger partial charge >= 0.3 is 0 Å². The van der Waals surface area contributed by atoms with Crippen LogP contribution in [0.5, 0.6) is 0 Å². The molecule has 0 heterocycles. The zero-order valence-electron chi connectivity index (χ0n) is 8.42. The third-order valence-electron chi connectivity index (χ3n) is 2.46. The Kier molecular flexibility index (Phi) is 4.81. The lowest BCUT2D eigenvalue weighted by atomic mass is 10.4. The van der Waals surface area contributed by atoms with Crippen LogP contribution in [0.25, 0.3) is 0 Å². The summed E-state index contributed by atoms with van der Waals surface area (Å²) in [7, 11) is 0. The predicted molar refractivity (Wildman–Crippen MR) is 53.4 cm³/mol. The molecule has 3 nitrogen and oxygen atoms in total. The molecule has 0 bridgehead atoms. The van der Waals surface area contributed by atoms with E-state index in [2.05, 4.69) is 23.2 Å². The van der Waals surface area contributed by atoms with Crippen LogP contribution in [0, 0.1) is 11.3 Å². The molecule has 1 saturated carbocycles. The van der Waals surface area contributed by atoms with E-state index < -0.39 is 0 Å². The minimum Gasteiger partial charge on any atom is -0.314 e. The second kappa shape index (κ2) is 5.95. The Morgan fingerprint density at radius 2 is 2.23 bits per heavy atom. The number of hydrogen-bond donors (Lipinski definition) is 1. The first kappa shape index (κ1) is 10.5. The Balaban J connectivity index is 1.94. The lowest BCUT2D eigenvalue weighted by molar-refractivity contribution is 0.277. The van der Waals surface area contributed by atoms with Gasteiger partial charge in [-0.25, -0.2) is 0 Å². The molecule has 0 atom stereocenters. The fraction of sp³-hybridized carbons (Fsp3) is 0.900. The van der Waals surface area contributed by atoms with Gasteiger partial charge in [0.1, 0.15) is 0 Å². The van der Waals surface area contributed by atoms with Crippen LogP contribution in [-0.4, -0.2) is 37.1 Å². The second-order valence-electron chi connectivity index (χ2n) is 3.52. The third-order valence-corrected chi connectivity index (χ3v) is 2.46. The zero-order chi connectivity index (χ0) is 9.52. The van der Waals surface area contributed by atoms with Crippen LogP contribution in [0.4, 0.5) is 0 Å². The summed E-state index contributed by atoms with van der Waals surface area (Å²) >= 11 is 0. The van der Waals surface area contributed by atoms with Crippen molar-refractivity contribution in [2.75, 3.05) is 26.2 Å². The van der Waals surface area contributed by atoms with Crippen molar-refractivity contribution in [1.82, 2.24) is 10.2 Å². The molecule has 3 heteroatoms. The highest BCUT2D eigenvalue weighted by Gasteiger charge is 2.26. The van der Waals surface area contributed by atoms with E-state index in [1.165, 1.54) is 12.8 Å². The van der Waals surface area contributed by atoms with E-state index in [-0.39, 0.29) is 0 Å². The van der Waals surface area contributed by atoms with Gasteiger partial charge in [-0.3, -0.25) is 4.90 Å². The summed E-state index contributed by atoms with van der Waals surface area (Å²) in [5, 5.41) is 11.6. The molecule has 0 radical (unpaired) electrons. The van der Waals surface area contributed by atoms with Gasteiger partial charge in [-0.1, -0.05) is 6.92 Å². The minimum atomic E-state index is 0.621. The zero-order valence-corrected chi connectivity index (χ0v) is 8.42. The van der Waals surface area contributed by atoms with E-state index in [1.807, 2.05) is 0 Å². The standard InChI is InChI=1S/C10H19N3/c1-2-13(10-4-5-10)9-8-12-7-3-6-11/h10,12H,2-5,7-9H2,1H3. The Hall–Kier alpha value is -0.590. The molecule has 0 aromatic carbocycles. The molecular formula is C10H19N3. The van der Waals surface area contributed by atoms with Crippen molar-refractivity contribution in [3.63, 3.8) is 0 Å². The maximum absolute atomic E-state index is 8.32. The first-order valence-electron chi connectivity index (χ1n) is 5.20. The first-order valence-corrected chi connectivity index (χ1v) is 5.20. The molecule has 0 spiro atoms. The SMILES string of the molecule is CCN(CCNCCC#N)C1CC1. The molecule has 0 saturated heterocycles. The molecule has 0 aromatic rings. The van der Waals surface area contributed by atoms with E-state index in [0.29, 0.717) is 6.42 Å². The van der Waals surface area contributed by atoms with Gasteiger partial charge < -0.3 is 5.32 Å². The monoisotopic (exact) mass is 181 g/mol. The average Bonchev–Trinajstić information content (AvgIpc) is 2.95. The Labute approximate surface area is 80.7 Å². The number of likely N-dealkylation sites (N-methyl/N-ethyl adjacent to an activating group) is 1. The number of hydrogen-bond acceptors (Lipinski definition) is 3. The molecule has 0 aliphatic heterocycles. The van der Waals surface area contributed by atoms with Crippen molar-refractivity contribution in [2.24, 2.45) is 0 Å². The lowest BCUT2D eigenvalue weighted by Gasteiger charge is -2.19. The molecular weight excluding hydrogens is 162 g/mol. The van der Waals surface area contributed by atoms with Gasteiger partial charge in [0.2, 0.25) is 0 Å². The summed E-state index contributed by atoms with van der Waals surface area (Å²) in [6.07, 6.45) is 3.38. The number of nitrogens with one attached hydrogen (secondary N) is 1. The van der Waals surface area contributed by atoms with Crippen LogP contribution < -0.4 is 5.32 Å². The van der Waals surface area contributed by atoms with Crippen molar-refractivity contribution in [3.05, 3.63) is 0 Å². The predicted octanol–water partition coefficient (Wildman–Crippen LogP) is 0.974. The molecule has 0 aromatic heterocycles. The van der Waals surface area contributed by atoms with Crippen molar-refractivity contribution < 1.29 is 0 Å². The number of nitrogens with zero attached hydrogens (tertiary/aromatic N) is 2. The van der Waals surface area contributed by atoms with Crippen molar-refractivity contribution in [3.8, 4) is 6.07 Å². The van der Waals surface area contributed by atoms with Gasteiger partial charge in [0.25, 0.3) is 0 Å². The molecule has 1 aliphatic carbocycles. The molecule has 1 aliphatic rings. The van der Waals surface area contributed by atoms with Gasteiger partial charge in [-0.15, -0.1) is 0 Å². The molecule has 1 rings (SSSR count). The van der Waals surface area contributed by atoms with Gasteiger partial charge in [0.05, 0.1) is 6.07 Å². The van der Waals surface area contributed by atoms with E-state index in [1.54, 1.807) is 0 Å². The third kappa shape index (κ3) is 4.25. The summed E-state index contributed by atoms with van der Waals surface area (Å²) in [6.45, 7) is 6.36. The number of nitriles is 1. The average molecular weight is 181 g/mol.